The lowest BCUT2D eigenvalue weighted by molar-refractivity contribution is 0.102. The van der Waals surface area contributed by atoms with E-state index in [1.165, 1.54) is 12.1 Å². The number of nitrogen functional groups attached to an aromatic ring is 1. The lowest BCUT2D eigenvalue weighted by Crippen LogP contribution is -2.15. The lowest BCUT2D eigenvalue weighted by atomic mass is 10.2. The van der Waals surface area contributed by atoms with Gasteiger partial charge in [0.1, 0.15) is 16.8 Å². The molecule has 2 aromatic heterocycles. The minimum atomic E-state index is -0.330. The van der Waals surface area contributed by atoms with Crippen molar-refractivity contribution in [2.75, 3.05) is 10.7 Å². The Bertz CT molecular complexity index is 639. The Hall–Kier alpha value is -2.18. The van der Waals surface area contributed by atoms with Gasteiger partial charge in [-0.3, -0.25) is 4.79 Å². The Morgan fingerprint density at radius 3 is 2.55 bits per heavy atom. The Kier molecular flexibility index (Phi) is 4.16. The van der Waals surface area contributed by atoms with Gasteiger partial charge in [0.25, 0.3) is 5.91 Å². The molecular formula is C13H14ClN5O. The monoisotopic (exact) mass is 291 g/mol. The van der Waals surface area contributed by atoms with Crippen LogP contribution in [0.2, 0.25) is 5.15 Å². The van der Waals surface area contributed by atoms with E-state index in [0.717, 1.165) is 11.3 Å². The van der Waals surface area contributed by atoms with Crippen LogP contribution in [-0.4, -0.2) is 15.9 Å². The number of hydrogen-bond acceptors (Lipinski definition) is 5. The fourth-order valence-corrected chi connectivity index (χ4v) is 2.00. The van der Waals surface area contributed by atoms with Crippen molar-refractivity contribution in [3.05, 3.63) is 46.2 Å². The topological polar surface area (TPSA) is 92.9 Å². The van der Waals surface area contributed by atoms with Crippen molar-refractivity contribution in [3.63, 3.8) is 0 Å². The number of carbonyl (C=O) groups is 1. The number of rotatable bonds is 3. The van der Waals surface area contributed by atoms with Gasteiger partial charge >= 0.3 is 0 Å². The quantitative estimate of drug-likeness (QED) is 0.458. The molecule has 0 saturated heterocycles. The first-order chi connectivity index (χ1) is 9.47. The van der Waals surface area contributed by atoms with E-state index in [1.807, 2.05) is 19.9 Å². The molecule has 104 valence electrons. The first kappa shape index (κ1) is 14.2. The van der Waals surface area contributed by atoms with E-state index < -0.39 is 0 Å². The number of nitrogens with one attached hydrogen (secondary N) is 2. The summed E-state index contributed by atoms with van der Waals surface area (Å²) in [5.74, 6) is 5.74. The summed E-state index contributed by atoms with van der Waals surface area (Å²) in [4.78, 5) is 20.3. The van der Waals surface area contributed by atoms with E-state index in [0.29, 0.717) is 17.2 Å². The predicted molar refractivity (Wildman–Crippen MR) is 78.7 cm³/mol. The maximum absolute atomic E-state index is 12.2. The Morgan fingerprint density at radius 1 is 1.15 bits per heavy atom. The Labute approximate surface area is 121 Å². The average Bonchev–Trinajstić information content (AvgIpc) is 2.36. The van der Waals surface area contributed by atoms with Crippen molar-refractivity contribution >= 4 is 29.1 Å². The molecule has 2 rings (SSSR count). The third kappa shape index (κ3) is 3.43. The van der Waals surface area contributed by atoms with E-state index in [2.05, 4.69) is 20.7 Å². The van der Waals surface area contributed by atoms with Gasteiger partial charge in [-0.15, -0.1) is 0 Å². The van der Waals surface area contributed by atoms with Gasteiger partial charge < -0.3 is 10.7 Å². The van der Waals surface area contributed by atoms with Gasteiger partial charge in [0.15, 0.2) is 0 Å². The van der Waals surface area contributed by atoms with Gasteiger partial charge in [0.05, 0.1) is 0 Å². The predicted octanol–water partition coefficient (Wildman–Crippen LogP) is 2.28. The molecule has 0 aliphatic rings. The number of nitrogens with two attached hydrogens (primary N) is 1. The molecule has 0 unspecified atom stereocenters. The summed E-state index contributed by atoms with van der Waals surface area (Å²) >= 11 is 5.82. The van der Waals surface area contributed by atoms with Crippen molar-refractivity contribution in [2.24, 2.45) is 5.84 Å². The molecule has 0 aliphatic heterocycles. The summed E-state index contributed by atoms with van der Waals surface area (Å²) < 4.78 is 0. The van der Waals surface area contributed by atoms with Gasteiger partial charge in [-0.25, -0.2) is 15.8 Å². The fraction of sp³-hybridized carbons (Fsp3) is 0.154. The molecule has 0 fully saturated rings. The highest BCUT2D eigenvalue weighted by Gasteiger charge is 2.10. The van der Waals surface area contributed by atoms with Gasteiger partial charge in [-0.2, -0.15) is 0 Å². The molecule has 0 radical (unpaired) electrons. The lowest BCUT2D eigenvalue weighted by Gasteiger charge is -2.08. The van der Waals surface area contributed by atoms with Crippen molar-refractivity contribution in [2.45, 2.75) is 13.8 Å². The molecule has 20 heavy (non-hydrogen) atoms. The van der Waals surface area contributed by atoms with Gasteiger partial charge in [-0.05, 0) is 43.7 Å². The minimum absolute atomic E-state index is 0.180. The van der Waals surface area contributed by atoms with Gasteiger partial charge in [0, 0.05) is 11.3 Å². The molecule has 0 bridgehead atoms. The standard InChI is InChI=1S/C13H14ClN5O/c1-7-3-8(2)16-11(4-7)18-13(20)9-5-10(14)17-12(6-9)19-15/h3-6H,15H2,1-2H3,(H,17,19)(H,16,18,20). The van der Waals surface area contributed by atoms with E-state index >= 15 is 0 Å². The highest BCUT2D eigenvalue weighted by Crippen LogP contribution is 2.16. The second-order valence-corrected chi connectivity index (χ2v) is 4.72. The first-order valence-electron chi connectivity index (χ1n) is 5.89. The van der Waals surface area contributed by atoms with Crippen LogP contribution in [0.1, 0.15) is 21.6 Å². The van der Waals surface area contributed by atoms with Crippen LogP contribution in [0.3, 0.4) is 0 Å². The molecule has 4 N–H and O–H groups in total. The third-order valence-corrected chi connectivity index (χ3v) is 2.74. The largest absolute Gasteiger partial charge is 0.308 e. The zero-order valence-electron chi connectivity index (χ0n) is 11.1. The molecule has 1 amide bonds. The molecule has 0 saturated carbocycles. The zero-order valence-corrected chi connectivity index (χ0v) is 11.8. The number of halogens is 1. The summed E-state index contributed by atoms with van der Waals surface area (Å²) in [6, 6.07) is 6.68. The van der Waals surface area contributed by atoms with Crippen molar-refractivity contribution < 1.29 is 4.79 Å². The van der Waals surface area contributed by atoms with Crippen molar-refractivity contribution in [3.8, 4) is 0 Å². The number of aromatic nitrogens is 2. The van der Waals surface area contributed by atoms with Crippen LogP contribution in [0.5, 0.6) is 0 Å². The van der Waals surface area contributed by atoms with Gasteiger partial charge in [0.2, 0.25) is 0 Å². The molecule has 0 aliphatic carbocycles. The second kappa shape index (κ2) is 5.85. The number of nitrogens with zero attached hydrogens (tertiary/aromatic N) is 2. The number of aryl methyl sites for hydroxylation is 2. The van der Waals surface area contributed by atoms with E-state index in [4.69, 9.17) is 17.4 Å². The number of amides is 1. The second-order valence-electron chi connectivity index (χ2n) is 4.33. The van der Waals surface area contributed by atoms with Crippen LogP contribution in [0.4, 0.5) is 11.6 Å². The number of anilines is 2. The summed E-state index contributed by atoms with van der Waals surface area (Å²) in [6.45, 7) is 3.80. The van der Waals surface area contributed by atoms with Crippen LogP contribution < -0.4 is 16.6 Å². The summed E-state index contributed by atoms with van der Waals surface area (Å²) in [7, 11) is 0. The molecule has 2 aromatic rings. The molecule has 0 spiro atoms. The fourth-order valence-electron chi connectivity index (χ4n) is 1.80. The smallest absolute Gasteiger partial charge is 0.257 e. The summed E-state index contributed by atoms with van der Waals surface area (Å²) in [5.41, 5.74) is 4.55. The summed E-state index contributed by atoms with van der Waals surface area (Å²) in [6.07, 6.45) is 0. The van der Waals surface area contributed by atoms with Crippen molar-refractivity contribution in [1.82, 2.24) is 9.97 Å². The van der Waals surface area contributed by atoms with Crippen LogP contribution in [0, 0.1) is 13.8 Å². The third-order valence-electron chi connectivity index (χ3n) is 2.54. The Morgan fingerprint density at radius 2 is 1.90 bits per heavy atom. The number of pyridine rings is 2. The Balaban J connectivity index is 2.25. The molecule has 2 heterocycles. The molecule has 7 heteroatoms. The molecule has 6 nitrogen and oxygen atoms in total. The molecule has 0 atom stereocenters. The summed E-state index contributed by atoms with van der Waals surface area (Å²) in [5, 5.41) is 2.89. The average molecular weight is 292 g/mol. The first-order valence-corrected chi connectivity index (χ1v) is 6.26. The van der Waals surface area contributed by atoms with Crippen molar-refractivity contribution in [1.29, 1.82) is 0 Å². The maximum Gasteiger partial charge on any atom is 0.257 e. The van der Waals surface area contributed by atoms with Crippen LogP contribution in [0.25, 0.3) is 0 Å². The highest BCUT2D eigenvalue weighted by molar-refractivity contribution is 6.30. The number of carbonyl (C=O) groups excluding carboxylic acids is 1. The van der Waals surface area contributed by atoms with Crippen LogP contribution in [-0.2, 0) is 0 Å². The van der Waals surface area contributed by atoms with E-state index in [9.17, 15) is 4.79 Å². The molecular weight excluding hydrogens is 278 g/mol. The maximum atomic E-state index is 12.2. The zero-order chi connectivity index (χ0) is 14.7. The normalized spacial score (nSPS) is 10.2. The van der Waals surface area contributed by atoms with E-state index in [1.54, 1.807) is 6.07 Å². The highest BCUT2D eigenvalue weighted by atomic mass is 35.5. The number of hydrogen-bond donors (Lipinski definition) is 3. The van der Waals surface area contributed by atoms with Crippen LogP contribution in [0.15, 0.2) is 24.3 Å². The minimum Gasteiger partial charge on any atom is -0.308 e. The SMILES string of the molecule is Cc1cc(C)nc(NC(=O)c2cc(Cl)nc(NN)c2)c1. The number of hydrazine groups is 1. The van der Waals surface area contributed by atoms with Crippen LogP contribution >= 0.6 is 11.6 Å². The van der Waals surface area contributed by atoms with Gasteiger partial charge in [-0.1, -0.05) is 11.6 Å². The molecule has 0 aromatic carbocycles. The van der Waals surface area contributed by atoms with E-state index in [-0.39, 0.29) is 11.1 Å².